The van der Waals surface area contributed by atoms with Gasteiger partial charge in [-0.3, -0.25) is 4.57 Å². The number of benzene rings is 8. The number of hydrogen-bond donors (Lipinski definition) is 0. The van der Waals surface area contributed by atoms with Gasteiger partial charge in [0.1, 0.15) is 24.0 Å². The van der Waals surface area contributed by atoms with Crippen molar-refractivity contribution >= 4 is 44.6 Å². The molecule has 0 N–H and O–H groups in total. The van der Waals surface area contributed by atoms with Crippen LogP contribution in [0.5, 0.6) is 11.5 Å². The van der Waals surface area contributed by atoms with Crippen LogP contribution in [0.4, 0.5) is 66.7 Å². The Balaban J connectivity index is 1.14. The highest BCUT2D eigenvalue weighted by atomic mass is 19.2. The largest absolute Gasteiger partial charge is 0.457 e. The minimum absolute atomic E-state index is 0.0185. The first kappa shape index (κ1) is 53.4. The molecule has 8 aromatic carbocycles. The van der Waals surface area contributed by atoms with Gasteiger partial charge in [-0.25, -0.2) is 48.9 Å². The molecule has 3 heterocycles. The Morgan fingerprint density at radius 1 is 0.463 bits per heavy atom. The van der Waals surface area contributed by atoms with Gasteiger partial charge >= 0.3 is 0 Å². The monoisotopic (exact) mass is 1090 g/mol. The van der Waals surface area contributed by atoms with E-state index in [2.05, 4.69) is 31.4 Å². The van der Waals surface area contributed by atoms with E-state index in [-0.39, 0.29) is 22.6 Å². The van der Waals surface area contributed by atoms with Gasteiger partial charge in [0, 0.05) is 45.9 Å². The average Bonchev–Trinajstić information content (AvgIpc) is 4.03. The van der Waals surface area contributed by atoms with Gasteiger partial charge in [-0.05, 0) is 111 Å². The molecule has 1 aliphatic rings. The zero-order chi connectivity index (χ0) is 57.0. The van der Waals surface area contributed by atoms with Crippen LogP contribution in [0.25, 0.3) is 61.0 Å². The second kappa shape index (κ2) is 19.6. The molecule has 0 radical (unpaired) electrons. The molecule has 0 bridgehead atoms. The van der Waals surface area contributed by atoms with Crippen molar-refractivity contribution in [3.05, 3.63) is 215 Å². The van der Waals surface area contributed by atoms with E-state index >= 15 is 35.1 Å². The quantitative estimate of drug-likeness (QED) is 0.0819. The maximum absolute atomic E-state index is 16.4. The minimum atomic E-state index is -2.47. The van der Waals surface area contributed by atoms with Crippen molar-refractivity contribution in [1.29, 1.82) is 0 Å². The molecule has 0 unspecified atom stereocenters. The van der Waals surface area contributed by atoms with Crippen LogP contribution in [-0.4, -0.2) is 16.2 Å². The lowest BCUT2D eigenvalue weighted by Gasteiger charge is -2.30. The summed E-state index contributed by atoms with van der Waals surface area (Å²) >= 11 is 0. The van der Waals surface area contributed by atoms with Crippen molar-refractivity contribution in [2.45, 2.75) is 72.1 Å². The summed E-state index contributed by atoms with van der Waals surface area (Å²) in [5.74, 6) is -21.9. The van der Waals surface area contributed by atoms with E-state index in [9.17, 15) is 8.78 Å². The van der Waals surface area contributed by atoms with E-state index in [1.165, 1.54) is 11.0 Å². The van der Waals surface area contributed by atoms with Gasteiger partial charge in [0.15, 0.2) is 46.5 Å². The van der Waals surface area contributed by atoms with E-state index < -0.39 is 98.2 Å². The molecule has 0 fully saturated rings. The molecular formula is C65H50F10N4O. The Bertz CT molecular complexity index is 4030. The number of para-hydroxylation sites is 3. The summed E-state index contributed by atoms with van der Waals surface area (Å²) in [4.78, 5) is 7.83. The predicted molar refractivity (Wildman–Crippen MR) is 294 cm³/mol. The predicted octanol–water partition coefficient (Wildman–Crippen LogP) is 19.3. The van der Waals surface area contributed by atoms with Gasteiger partial charge in [0.2, 0.25) is 11.6 Å². The van der Waals surface area contributed by atoms with Crippen LogP contribution in [0.3, 0.4) is 0 Å². The molecule has 0 atom stereocenters. The van der Waals surface area contributed by atoms with Crippen molar-refractivity contribution in [2.75, 3.05) is 16.5 Å². The molecule has 0 saturated carbocycles. The molecule has 15 heteroatoms. The van der Waals surface area contributed by atoms with Gasteiger partial charge in [-0.2, -0.15) is 0 Å². The van der Waals surface area contributed by atoms with Gasteiger partial charge in [-0.15, -0.1) is 0 Å². The van der Waals surface area contributed by atoms with Crippen molar-refractivity contribution in [1.82, 2.24) is 9.55 Å². The topological polar surface area (TPSA) is 33.5 Å². The molecule has 5 nitrogen and oxygen atoms in total. The maximum Gasteiger partial charge on any atom is 0.200 e. The van der Waals surface area contributed by atoms with E-state index in [1.54, 1.807) is 56.1 Å². The fraction of sp³-hybridized carbons (Fsp3) is 0.185. The zero-order valence-corrected chi connectivity index (χ0v) is 44.5. The summed E-state index contributed by atoms with van der Waals surface area (Å²) in [6.07, 6.45) is 1.79. The summed E-state index contributed by atoms with van der Waals surface area (Å²) in [5.41, 5.74) is -0.321. The SMILES string of the molecule is CC(C)c1ccccc1-c1cc(Oc2ccc3c4ccccc4n(-c4cc(C(C)(C)C)ccn4)c3c2)cc(N2CN(c3c(-c4c(F)c(F)c(F)c(F)c4F)cc(C(C)(C)C)cc3-c3c(F)c(F)c(F)c(F)c3F)c3ccccc32)c1. The average molecular weight is 1090 g/mol. The highest BCUT2D eigenvalue weighted by Crippen LogP contribution is 2.54. The molecular weight excluding hydrogens is 1040 g/mol. The molecule has 0 aliphatic carbocycles. The first-order valence-electron chi connectivity index (χ1n) is 25.7. The lowest BCUT2D eigenvalue weighted by atomic mass is 9.81. The Morgan fingerprint density at radius 3 is 1.57 bits per heavy atom. The number of aromatic nitrogens is 2. The van der Waals surface area contributed by atoms with Crippen LogP contribution in [0.2, 0.25) is 0 Å². The van der Waals surface area contributed by atoms with Crippen LogP contribution < -0.4 is 14.5 Å². The number of anilines is 4. The molecule has 1 aliphatic heterocycles. The summed E-state index contributed by atoms with van der Waals surface area (Å²) < 4.78 is 166. The summed E-state index contributed by atoms with van der Waals surface area (Å²) in [7, 11) is 0. The summed E-state index contributed by atoms with van der Waals surface area (Å²) in [5, 5.41) is 1.93. The van der Waals surface area contributed by atoms with Crippen LogP contribution in [0.15, 0.2) is 140 Å². The minimum Gasteiger partial charge on any atom is -0.457 e. The highest BCUT2D eigenvalue weighted by Gasteiger charge is 2.39. The summed E-state index contributed by atoms with van der Waals surface area (Å²) in [6, 6.07) is 39.7. The normalized spacial score (nSPS) is 12.9. The second-order valence-corrected chi connectivity index (χ2v) is 22.3. The lowest BCUT2D eigenvalue weighted by Crippen LogP contribution is -2.26. The maximum atomic E-state index is 16.4. The van der Waals surface area contributed by atoms with Gasteiger partial charge < -0.3 is 14.5 Å². The Labute approximate surface area is 454 Å². The first-order chi connectivity index (χ1) is 37.9. The van der Waals surface area contributed by atoms with Gasteiger partial charge in [0.25, 0.3) is 0 Å². The van der Waals surface area contributed by atoms with Crippen molar-refractivity contribution in [2.24, 2.45) is 0 Å². The van der Waals surface area contributed by atoms with E-state index in [1.807, 2.05) is 98.8 Å². The van der Waals surface area contributed by atoms with Crippen LogP contribution >= 0.6 is 0 Å². The van der Waals surface area contributed by atoms with Crippen LogP contribution in [0.1, 0.15) is 78.0 Å². The van der Waals surface area contributed by atoms with E-state index in [0.717, 1.165) is 50.6 Å². The molecule has 0 amide bonds. The van der Waals surface area contributed by atoms with E-state index in [0.29, 0.717) is 34.3 Å². The second-order valence-electron chi connectivity index (χ2n) is 22.3. The Morgan fingerprint density at radius 2 is 0.988 bits per heavy atom. The van der Waals surface area contributed by atoms with Gasteiger partial charge in [-0.1, -0.05) is 110 Å². The van der Waals surface area contributed by atoms with Crippen LogP contribution in [-0.2, 0) is 10.8 Å². The fourth-order valence-electron chi connectivity index (χ4n) is 10.7. The van der Waals surface area contributed by atoms with Crippen molar-refractivity contribution < 1.29 is 48.6 Å². The molecule has 406 valence electrons. The first-order valence-corrected chi connectivity index (χ1v) is 25.7. The standard InChI is InChI=1S/C65H50F10N4O/c1-33(2)40-15-9-10-16-41(40)34-25-37(30-39(26-34)80-38-21-22-43-42-17-11-12-18-46(42)79(49(43)31-38)50-29-35(23-24-76-50)64(3,4)5)77-32-78(48-20-14-13-19-47(48)77)63-44(51-53(66)57(70)61(74)58(71)54(51)67)27-36(65(6,7)8)28-45(63)52-55(68)59(72)62(75)60(73)56(52)69/h9-31,33H,32H2,1-8H3. The number of halogens is 10. The number of nitrogens with zero attached hydrogens (tertiary/aromatic N) is 4. The van der Waals surface area contributed by atoms with Crippen LogP contribution in [0, 0.1) is 58.2 Å². The number of ether oxygens (including phenoxy) is 1. The molecule has 2 aromatic heterocycles. The number of pyridine rings is 1. The number of fused-ring (bicyclic) bond motifs is 4. The Kier molecular flexibility index (Phi) is 13.1. The third kappa shape index (κ3) is 8.87. The zero-order valence-electron chi connectivity index (χ0n) is 44.5. The van der Waals surface area contributed by atoms with E-state index in [4.69, 9.17) is 9.72 Å². The Hall–Kier alpha value is -8.59. The highest BCUT2D eigenvalue weighted by molar-refractivity contribution is 6.09. The third-order valence-electron chi connectivity index (χ3n) is 14.8. The molecule has 11 rings (SSSR count). The third-order valence-corrected chi connectivity index (χ3v) is 14.8. The molecule has 80 heavy (non-hydrogen) atoms. The van der Waals surface area contributed by atoms with Crippen molar-refractivity contribution in [3.63, 3.8) is 0 Å². The van der Waals surface area contributed by atoms with Gasteiger partial charge in [0.05, 0.1) is 39.2 Å². The molecule has 0 saturated heterocycles. The number of rotatable bonds is 9. The lowest BCUT2D eigenvalue weighted by molar-refractivity contribution is 0.381. The molecule has 0 spiro atoms. The number of hydrogen-bond acceptors (Lipinski definition) is 4. The molecule has 10 aromatic rings. The fourth-order valence-corrected chi connectivity index (χ4v) is 10.7. The van der Waals surface area contributed by atoms with Crippen molar-refractivity contribution in [3.8, 4) is 50.7 Å². The summed E-state index contributed by atoms with van der Waals surface area (Å²) in [6.45, 7) is 14.8. The smallest absolute Gasteiger partial charge is 0.200 e.